The summed E-state index contributed by atoms with van der Waals surface area (Å²) >= 11 is 2.38. The second-order valence-electron chi connectivity index (χ2n) is 7.05. The maximum atomic E-state index is 2.55. The zero-order valence-electron chi connectivity index (χ0n) is 13.2. The molecule has 0 nitrogen and oxygen atoms in total. The van der Waals surface area contributed by atoms with Crippen LogP contribution in [0.3, 0.4) is 0 Å². The Bertz CT molecular complexity index is 739. The highest BCUT2D eigenvalue weighted by molar-refractivity contribution is 14.1. The summed E-state index contributed by atoms with van der Waals surface area (Å²) in [5.41, 5.74) is 7.88. The van der Waals surface area contributed by atoms with Crippen molar-refractivity contribution in [2.45, 2.75) is 39.0 Å². The van der Waals surface area contributed by atoms with E-state index in [2.05, 4.69) is 85.0 Å². The van der Waals surface area contributed by atoms with Gasteiger partial charge in [-0.15, -0.1) is 0 Å². The van der Waals surface area contributed by atoms with Gasteiger partial charge in [-0.1, -0.05) is 50.3 Å². The van der Waals surface area contributed by atoms with Gasteiger partial charge in [0.2, 0.25) is 0 Å². The fourth-order valence-corrected chi connectivity index (χ4v) is 4.52. The molecule has 4 rings (SSSR count). The van der Waals surface area contributed by atoms with Crippen LogP contribution in [0.2, 0.25) is 0 Å². The second kappa shape index (κ2) is 5.23. The Labute approximate surface area is 146 Å². The van der Waals surface area contributed by atoms with Gasteiger partial charge in [0.15, 0.2) is 0 Å². The first-order valence-corrected chi connectivity index (χ1v) is 9.24. The monoisotopic (exact) mass is 400 g/mol. The molecule has 0 fully saturated rings. The molecule has 0 bridgehead atoms. The van der Waals surface area contributed by atoms with E-state index in [9.17, 15) is 0 Å². The third kappa shape index (κ3) is 2.17. The number of fused-ring (bicyclic) bond motifs is 2. The molecule has 0 spiro atoms. The Morgan fingerprint density at radius 3 is 2.68 bits per heavy atom. The smallest absolute Gasteiger partial charge is 0.0152 e. The van der Waals surface area contributed by atoms with Gasteiger partial charge in [-0.25, -0.2) is 0 Å². The fourth-order valence-electron chi connectivity index (χ4n) is 4.16. The molecular formula is C21H21I. The minimum atomic E-state index is 0.167. The molecule has 0 N–H and O–H groups in total. The molecule has 1 atom stereocenters. The lowest BCUT2D eigenvalue weighted by Crippen LogP contribution is -2.15. The van der Waals surface area contributed by atoms with Crippen molar-refractivity contribution in [2.75, 3.05) is 0 Å². The Hall–Kier alpha value is -1.09. The van der Waals surface area contributed by atoms with Crippen LogP contribution in [-0.4, -0.2) is 0 Å². The molecule has 0 aromatic heterocycles. The van der Waals surface area contributed by atoms with E-state index in [0.717, 1.165) is 6.42 Å². The van der Waals surface area contributed by atoms with E-state index in [-0.39, 0.29) is 5.41 Å². The topological polar surface area (TPSA) is 0 Å². The highest BCUT2D eigenvalue weighted by Crippen LogP contribution is 2.55. The van der Waals surface area contributed by atoms with Crippen molar-refractivity contribution in [1.29, 1.82) is 0 Å². The Balaban J connectivity index is 1.75. The number of halogens is 1. The van der Waals surface area contributed by atoms with Crippen LogP contribution in [0, 0.1) is 8.99 Å². The molecule has 0 aliphatic heterocycles. The van der Waals surface area contributed by atoms with Crippen molar-refractivity contribution in [1.82, 2.24) is 0 Å². The predicted molar refractivity (Wildman–Crippen MR) is 102 cm³/mol. The van der Waals surface area contributed by atoms with Crippen molar-refractivity contribution in [2.24, 2.45) is 5.41 Å². The van der Waals surface area contributed by atoms with Crippen molar-refractivity contribution < 1.29 is 0 Å². The lowest BCUT2D eigenvalue weighted by molar-refractivity contribution is 0.566. The number of hydrogen-bond acceptors (Lipinski definition) is 0. The molecule has 0 heterocycles. The Morgan fingerprint density at radius 2 is 1.91 bits per heavy atom. The van der Waals surface area contributed by atoms with Gasteiger partial charge in [-0.05, 0) is 81.8 Å². The van der Waals surface area contributed by atoms with Gasteiger partial charge in [0.25, 0.3) is 0 Å². The third-order valence-electron chi connectivity index (χ3n) is 5.37. The van der Waals surface area contributed by atoms with Crippen LogP contribution in [-0.2, 0) is 0 Å². The number of benzene rings is 1. The van der Waals surface area contributed by atoms with Crippen molar-refractivity contribution in [3.05, 3.63) is 80.0 Å². The van der Waals surface area contributed by atoms with E-state index in [4.69, 9.17) is 0 Å². The average molecular weight is 400 g/mol. The van der Waals surface area contributed by atoms with Crippen LogP contribution in [0.4, 0.5) is 0 Å². The lowest BCUT2D eigenvalue weighted by atomic mass is 9.76. The first-order valence-electron chi connectivity index (χ1n) is 8.16. The molecule has 0 radical (unpaired) electrons. The predicted octanol–water partition coefficient (Wildman–Crippen LogP) is 6.32. The summed E-state index contributed by atoms with van der Waals surface area (Å²) in [6.07, 6.45) is 13.3. The molecular weight excluding hydrogens is 379 g/mol. The van der Waals surface area contributed by atoms with Crippen LogP contribution in [0.25, 0.3) is 0 Å². The molecule has 1 unspecified atom stereocenters. The first-order chi connectivity index (χ1) is 10.6. The van der Waals surface area contributed by atoms with Crippen molar-refractivity contribution in [3.8, 4) is 0 Å². The summed E-state index contributed by atoms with van der Waals surface area (Å²) in [6, 6.07) is 9.02. The van der Waals surface area contributed by atoms with Gasteiger partial charge >= 0.3 is 0 Å². The molecule has 0 saturated carbocycles. The zero-order chi connectivity index (χ0) is 15.3. The van der Waals surface area contributed by atoms with Crippen molar-refractivity contribution >= 4 is 22.6 Å². The van der Waals surface area contributed by atoms with Crippen LogP contribution < -0.4 is 0 Å². The fraction of sp³-hybridized carbons (Fsp3) is 0.333. The molecule has 1 aromatic rings. The summed E-state index contributed by atoms with van der Waals surface area (Å²) < 4.78 is 1.31. The third-order valence-corrected chi connectivity index (χ3v) is 6.09. The number of hydrogen-bond donors (Lipinski definition) is 0. The molecule has 0 saturated heterocycles. The van der Waals surface area contributed by atoms with Crippen LogP contribution in [0.5, 0.6) is 0 Å². The summed E-state index contributed by atoms with van der Waals surface area (Å²) in [4.78, 5) is 0. The molecule has 1 aromatic carbocycles. The first kappa shape index (κ1) is 14.5. The highest BCUT2D eigenvalue weighted by Gasteiger charge is 2.40. The molecule has 112 valence electrons. The van der Waals surface area contributed by atoms with E-state index < -0.39 is 0 Å². The van der Waals surface area contributed by atoms with E-state index in [1.807, 2.05) is 0 Å². The zero-order valence-corrected chi connectivity index (χ0v) is 15.4. The van der Waals surface area contributed by atoms with E-state index in [0.29, 0.717) is 5.92 Å². The molecule has 1 heteroatoms. The van der Waals surface area contributed by atoms with Gasteiger partial charge in [-0.2, -0.15) is 0 Å². The van der Waals surface area contributed by atoms with E-state index >= 15 is 0 Å². The minimum absolute atomic E-state index is 0.167. The molecule has 22 heavy (non-hydrogen) atoms. The number of rotatable bonds is 1. The summed E-state index contributed by atoms with van der Waals surface area (Å²) in [7, 11) is 0. The van der Waals surface area contributed by atoms with Crippen LogP contribution in [0.15, 0.2) is 70.9 Å². The Kier molecular flexibility index (Phi) is 3.44. The maximum absolute atomic E-state index is 2.55. The standard InChI is InChI=1S/C21H21I/c1-21(2)19-6-4-3-5-17(19)18-12-9-15(13-20(18)21)14-7-10-16(22)11-8-14/h4,6-8,10-13,15H,3,5,9H2,1-2H3. The molecule has 3 aliphatic carbocycles. The summed E-state index contributed by atoms with van der Waals surface area (Å²) in [6.45, 7) is 4.78. The largest absolute Gasteiger partial charge is 0.0839 e. The number of allylic oxidation sites excluding steroid dienone is 8. The second-order valence-corrected chi connectivity index (χ2v) is 8.30. The minimum Gasteiger partial charge on any atom is -0.0839 e. The molecule has 3 aliphatic rings. The van der Waals surface area contributed by atoms with Gasteiger partial charge < -0.3 is 0 Å². The summed E-state index contributed by atoms with van der Waals surface area (Å²) in [5.74, 6) is 0.528. The van der Waals surface area contributed by atoms with Gasteiger partial charge in [-0.3, -0.25) is 0 Å². The SMILES string of the molecule is CC1(C)C2=CC(c3ccc(I)cc3)CC=C2C2=C1C=CCC2. The van der Waals surface area contributed by atoms with Gasteiger partial charge in [0.05, 0.1) is 0 Å². The van der Waals surface area contributed by atoms with Gasteiger partial charge in [0.1, 0.15) is 0 Å². The van der Waals surface area contributed by atoms with Crippen LogP contribution >= 0.6 is 22.6 Å². The maximum Gasteiger partial charge on any atom is 0.0152 e. The highest BCUT2D eigenvalue weighted by atomic mass is 127. The lowest BCUT2D eigenvalue weighted by Gasteiger charge is -2.28. The van der Waals surface area contributed by atoms with Gasteiger partial charge in [0, 0.05) is 14.9 Å². The average Bonchev–Trinajstić information content (AvgIpc) is 2.77. The van der Waals surface area contributed by atoms with Crippen molar-refractivity contribution in [3.63, 3.8) is 0 Å². The Morgan fingerprint density at radius 1 is 1.14 bits per heavy atom. The molecule has 0 amide bonds. The quantitative estimate of drug-likeness (QED) is 0.484. The normalized spacial score (nSPS) is 25.5. The van der Waals surface area contributed by atoms with E-state index in [1.54, 1.807) is 22.3 Å². The summed E-state index contributed by atoms with van der Waals surface area (Å²) in [5, 5.41) is 0. The van der Waals surface area contributed by atoms with E-state index in [1.165, 1.54) is 22.0 Å². The van der Waals surface area contributed by atoms with Crippen LogP contribution in [0.1, 0.15) is 44.6 Å².